The van der Waals surface area contributed by atoms with Crippen LogP contribution in [0.5, 0.6) is 0 Å². The van der Waals surface area contributed by atoms with Crippen molar-refractivity contribution in [1.82, 2.24) is 20.3 Å². The van der Waals surface area contributed by atoms with Crippen LogP contribution in [0.3, 0.4) is 0 Å². The molecular weight excluding hydrogens is 262 g/mol. The minimum absolute atomic E-state index is 0.522. The number of rotatable bonds is 5. The summed E-state index contributed by atoms with van der Waals surface area (Å²) in [5.41, 5.74) is 2.42. The number of nitrogens with zero attached hydrogens (tertiary/aromatic N) is 3. The van der Waals surface area contributed by atoms with Crippen molar-refractivity contribution < 1.29 is 0 Å². The van der Waals surface area contributed by atoms with Gasteiger partial charge in [0.25, 0.3) is 0 Å². The lowest BCUT2D eigenvalue weighted by Gasteiger charge is -2.34. The Morgan fingerprint density at radius 3 is 3.19 bits per heavy atom. The Hall–Kier alpha value is -1.88. The minimum atomic E-state index is 0.522. The SMILES string of the molecule is CCc1cc(N2CCCC(NCc3cc[nH]c3)C2)ncn1. The van der Waals surface area contributed by atoms with E-state index in [1.165, 1.54) is 18.4 Å². The van der Waals surface area contributed by atoms with Gasteiger partial charge in [0.15, 0.2) is 0 Å². The van der Waals surface area contributed by atoms with E-state index in [0.717, 1.165) is 37.6 Å². The lowest BCUT2D eigenvalue weighted by molar-refractivity contribution is 0.420. The average molecular weight is 285 g/mol. The van der Waals surface area contributed by atoms with Gasteiger partial charge in [0.05, 0.1) is 0 Å². The molecule has 1 fully saturated rings. The third-order valence-electron chi connectivity index (χ3n) is 4.07. The topological polar surface area (TPSA) is 56.8 Å². The third kappa shape index (κ3) is 3.61. The van der Waals surface area contributed by atoms with Crippen molar-refractivity contribution in [2.45, 2.75) is 38.8 Å². The number of aromatic amines is 1. The van der Waals surface area contributed by atoms with Crippen molar-refractivity contribution in [3.63, 3.8) is 0 Å². The smallest absolute Gasteiger partial charge is 0.132 e. The largest absolute Gasteiger partial charge is 0.367 e. The number of piperidine rings is 1. The highest BCUT2D eigenvalue weighted by Gasteiger charge is 2.20. The van der Waals surface area contributed by atoms with Crippen molar-refractivity contribution in [2.24, 2.45) is 0 Å². The Labute approximate surface area is 125 Å². The summed E-state index contributed by atoms with van der Waals surface area (Å²) in [6.45, 7) is 5.16. The third-order valence-corrected chi connectivity index (χ3v) is 4.07. The van der Waals surface area contributed by atoms with E-state index in [2.05, 4.69) is 44.2 Å². The molecule has 0 aromatic carbocycles. The summed E-state index contributed by atoms with van der Waals surface area (Å²) in [6.07, 6.45) is 9.09. The van der Waals surface area contributed by atoms with Crippen molar-refractivity contribution in [3.05, 3.63) is 42.1 Å². The maximum Gasteiger partial charge on any atom is 0.132 e. The molecule has 0 bridgehead atoms. The van der Waals surface area contributed by atoms with E-state index in [1.54, 1.807) is 6.33 Å². The van der Waals surface area contributed by atoms with E-state index < -0.39 is 0 Å². The van der Waals surface area contributed by atoms with E-state index in [-0.39, 0.29) is 0 Å². The van der Waals surface area contributed by atoms with Crippen molar-refractivity contribution in [2.75, 3.05) is 18.0 Å². The molecule has 2 N–H and O–H groups in total. The van der Waals surface area contributed by atoms with Crippen LogP contribution in [0.4, 0.5) is 5.82 Å². The van der Waals surface area contributed by atoms with Crippen LogP contribution in [0.25, 0.3) is 0 Å². The van der Waals surface area contributed by atoms with Crippen molar-refractivity contribution >= 4 is 5.82 Å². The Balaban J connectivity index is 1.59. The first-order valence-electron chi connectivity index (χ1n) is 7.76. The van der Waals surface area contributed by atoms with E-state index in [4.69, 9.17) is 0 Å². The predicted molar refractivity (Wildman–Crippen MR) is 84.3 cm³/mol. The molecule has 112 valence electrons. The standard InChI is InChI=1S/C16H23N5/c1-2-14-8-16(20-12-19-14)21-7-3-4-15(11-21)18-10-13-5-6-17-9-13/h5-6,8-9,12,15,17-18H,2-4,7,10-11H2,1H3. The van der Waals surface area contributed by atoms with Crippen LogP contribution in [0, 0.1) is 0 Å². The van der Waals surface area contributed by atoms with Crippen molar-refractivity contribution in [1.29, 1.82) is 0 Å². The summed E-state index contributed by atoms with van der Waals surface area (Å²) < 4.78 is 0. The quantitative estimate of drug-likeness (QED) is 0.883. The van der Waals surface area contributed by atoms with Gasteiger partial charge >= 0.3 is 0 Å². The fourth-order valence-corrected chi connectivity index (χ4v) is 2.83. The van der Waals surface area contributed by atoms with Crippen LogP contribution in [-0.4, -0.2) is 34.1 Å². The highest BCUT2D eigenvalue weighted by molar-refractivity contribution is 5.39. The van der Waals surface area contributed by atoms with E-state index >= 15 is 0 Å². The average Bonchev–Trinajstić information content (AvgIpc) is 3.07. The van der Waals surface area contributed by atoms with E-state index in [9.17, 15) is 0 Å². The lowest BCUT2D eigenvalue weighted by Crippen LogP contribution is -2.45. The minimum Gasteiger partial charge on any atom is -0.367 e. The van der Waals surface area contributed by atoms with Crippen molar-refractivity contribution in [3.8, 4) is 0 Å². The molecule has 3 heterocycles. The molecule has 0 aliphatic carbocycles. The highest BCUT2D eigenvalue weighted by Crippen LogP contribution is 2.18. The molecule has 1 aliphatic rings. The molecular formula is C16H23N5. The molecule has 21 heavy (non-hydrogen) atoms. The first-order chi connectivity index (χ1) is 10.3. The number of anilines is 1. The van der Waals surface area contributed by atoms with Crippen LogP contribution >= 0.6 is 0 Å². The Morgan fingerprint density at radius 1 is 1.43 bits per heavy atom. The first kappa shape index (κ1) is 14.1. The first-order valence-corrected chi connectivity index (χ1v) is 7.76. The van der Waals surface area contributed by atoms with Gasteiger partial charge in [-0.3, -0.25) is 0 Å². The predicted octanol–water partition coefficient (Wildman–Crippen LogP) is 2.13. The molecule has 0 amide bonds. The van der Waals surface area contributed by atoms with Gasteiger partial charge in [0.1, 0.15) is 12.1 Å². The van der Waals surface area contributed by atoms with Gasteiger partial charge in [0, 0.05) is 49.8 Å². The molecule has 0 saturated carbocycles. The maximum atomic E-state index is 4.44. The molecule has 3 rings (SSSR count). The summed E-state index contributed by atoms with van der Waals surface area (Å²) in [4.78, 5) is 14.2. The van der Waals surface area contributed by atoms with Gasteiger partial charge in [-0.15, -0.1) is 0 Å². The number of hydrogen-bond donors (Lipinski definition) is 2. The fraction of sp³-hybridized carbons (Fsp3) is 0.500. The molecule has 1 unspecified atom stereocenters. The molecule has 0 radical (unpaired) electrons. The highest BCUT2D eigenvalue weighted by atomic mass is 15.2. The summed E-state index contributed by atoms with van der Waals surface area (Å²) >= 11 is 0. The molecule has 5 nitrogen and oxygen atoms in total. The normalized spacial score (nSPS) is 18.9. The second-order valence-electron chi connectivity index (χ2n) is 5.61. The zero-order chi connectivity index (χ0) is 14.5. The zero-order valence-electron chi connectivity index (χ0n) is 12.5. The molecule has 1 saturated heterocycles. The van der Waals surface area contributed by atoms with Crippen LogP contribution in [0.1, 0.15) is 31.0 Å². The van der Waals surface area contributed by atoms with E-state index in [1.807, 2.05) is 12.4 Å². The summed E-state index contributed by atoms with van der Waals surface area (Å²) in [5, 5.41) is 3.65. The fourth-order valence-electron chi connectivity index (χ4n) is 2.83. The van der Waals surface area contributed by atoms with E-state index in [0.29, 0.717) is 6.04 Å². The maximum absolute atomic E-state index is 4.44. The summed E-state index contributed by atoms with van der Waals surface area (Å²) in [6, 6.07) is 4.76. The van der Waals surface area contributed by atoms with Gasteiger partial charge in [-0.05, 0) is 30.9 Å². The Morgan fingerprint density at radius 2 is 2.38 bits per heavy atom. The summed E-state index contributed by atoms with van der Waals surface area (Å²) in [7, 11) is 0. The van der Waals surface area contributed by atoms with Gasteiger partial charge in [0.2, 0.25) is 0 Å². The van der Waals surface area contributed by atoms with Gasteiger partial charge in [-0.1, -0.05) is 6.92 Å². The molecule has 5 heteroatoms. The molecule has 1 aliphatic heterocycles. The number of aryl methyl sites for hydroxylation is 1. The molecule has 0 spiro atoms. The summed E-state index contributed by atoms with van der Waals surface area (Å²) in [5.74, 6) is 1.06. The Bertz CT molecular complexity index is 552. The van der Waals surface area contributed by atoms with Crippen LogP contribution < -0.4 is 10.2 Å². The number of H-pyrrole nitrogens is 1. The molecule has 2 aromatic heterocycles. The lowest BCUT2D eigenvalue weighted by atomic mass is 10.1. The zero-order valence-corrected chi connectivity index (χ0v) is 12.5. The second kappa shape index (κ2) is 6.72. The van der Waals surface area contributed by atoms with Gasteiger partial charge in [-0.25, -0.2) is 9.97 Å². The second-order valence-corrected chi connectivity index (χ2v) is 5.61. The monoisotopic (exact) mass is 285 g/mol. The molecule has 1 atom stereocenters. The Kier molecular flexibility index (Phi) is 4.50. The van der Waals surface area contributed by atoms with Crippen LogP contribution in [0.2, 0.25) is 0 Å². The number of aromatic nitrogens is 3. The van der Waals surface area contributed by atoms with Crippen LogP contribution in [-0.2, 0) is 13.0 Å². The van der Waals surface area contributed by atoms with Gasteiger partial charge < -0.3 is 15.2 Å². The van der Waals surface area contributed by atoms with Crippen LogP contribution in [0.15, 0.2) is 30.9 Å². The molecule has 2 aromatic rings. The number of nitrogens with one attached hydrogen (secondary N) is 2. The van der Waals surface area contributed by atoms with Gasteiger partial charge in [-0.2, -0.15) is 0 Å². The number of hydrogen-bond acceptors (Lipinski definition) is 4.